The van der Waals surface area contributed by atoms with E-state index < -0.39 is 6.09 Å². The number of carbonyl (C=O) groups is 2. The Hall–Kier alpha value is -1.75. The van der Waals surface area contributed by atoms with Gasteiger partial charge in [-0.05, 0) is 49.7 Å². The highest BCUT2D eigenvalue weighted by Crippen LogP contribution is 2.48. The zero-order chi connectivity index (χ0) is 17.6. The zero-order valence-corrected chi connectivity index (χ0v) is 14.9. The first kappa shape index (κ1) is 16.7. The number of hydrogen-bond donors (Lipinski definition) is 1. The van der Waals surface area contributed by atoms with Gasteiger partial charge >= 0.3 is 6.09 Å². The van der Waals surface area contributed by atoms with Crippen LogP contribution < -0.4 is 0 Å². The van der Waals surface area contributed by atoms with Crippen LogP contribution in [0.15, 0.2) is 24.3 Å². The van der Waals surface area contributed by atoms with Gasteiger partial charge < -0.3 is 14.9 Å². The molecule has 2 bridgehead atoms. The summed E-state index contributed by atoms with van der Waals surface area (Å²) in [5.74, 6) is 1.23. The number of benzene rings is 1. The molecule has 1 saturated heterocycles. The highest BCUT2D eigenvalue weighted by molar-refractivity contribution is 6.33. The molecule has 2 saturated carbocycles. The Morgan fingerprint density at radius 1 is 1.16 bits per heavy atom. The van der Waals surface area contributed by atoms with E-state index in [-0.39, 0.29) is 18.0 Å². The van der Waals surface area contributed by atoms with Gasteiger partial charge in [-0.1, -0.05) is 30.2 Å². The Balaban J connectivity index is 1.63. The Bertz CT molecular complexity index is 695. The first-order valence-corrected chi connectivity index (χ1v) is 9.47. The summed E-state index contributed by atoms with van der Waals surface area (Å²) in [7, 11) is 0. The third-order valence-corrected chi connectivity index (χ3v) is 6.55. The number of hydrogen-bond acceptors (Lipinski definition) is 2. The second-order valence-electron chi connectivity index (χ2n) is 7.61. The first-order valence-electron chi connectivity index (χ1n) is 9.09. The van der Waals surface area contributed by atoms with E-state index in [1.54, 1.807) is 12.1 Å². The first-order chi connectivity index (χ1) is 12.0. The number of likely N-dealkylation sites (tertiary alicyclic amines) is 1. The fourth-order valence-electron chi connectivity index (χ4n) is 5.06. The molecule has 3 unspecified atom stereocenters. The molecular weight excluding hydrogens is 340 g/mol. The van der Waals surface area contributed by atoms with E-state index in [2.05, 4.69) is 0 Å². The van der Waals surface area contributed by atoms with Crippen molar-refractivity contribution in [2.24, 2.45) is 11.8 Å². The minimum absolute atomic E-state index is 0.0413. The van der Waals surface area contributed by atoms with Gasteiger partial charge in [-0.15, -0.1) is 0 Å². The van der Waals surface area contributed by atoms with Gasteiger partial charge in [-0.2, -0.15) is 0 Å². The Labute approximate surface area is 152 Å². The zero-order valence-electron chi connectivity index (χ0n) is 14.1. The molecule has 134 valence electrons. The molecule has 25 heavy (non-hydrogen) atoms. The van der Waals surface area contributed by atoms with Gasteiger partial charge in [0, 0.05) is 19.1 Å². The number of nitrogens with zero attached hydrogens (tertiary/aromatic N) is 2. The summed E-state index contributed by atoms with van der Waals surface area (Å²) in [6.07, 6.45) is 4.49. The third-order valence-electron chi connectivity index (χ3n) is 6.22. The molecule has 2 aliphatic carbocycles. The monoisotopic (exact) mass is 362 g/mol. The van der Waals surface area contributed by atoms with Crippen LogP contribution in [0.4, 0.5) is 4.79 Å². The normalized spacial score (nSPS) is 30.7. The number of amides is 2. The van der Waals surface area contributed by atoms with Gasteiger partial charge in [0.1, 0.15) is 0 Å². The van der Waals surface area contributed by atoms with Crippen molar-refractivity contribution < 1.29 is 14.7 Å². The lowest BCUT2D eigenvalue weighted by Crippen LogP contribution is -2.50. The third kappa shape index (κ3) is 2.99. The molecular formula is C19H23ClN2O3. The predicted molar refractivity (Wildman–Crippen MR) is 94.9 cm³/mol. The summed E-state index contributed by atoms with van der Waals surface area (Å²) in [4.78, 5) is 28.1. The van der Waals surface area contributed by atoms with Crippen LogP contribution in [0, 0.1) is 11.8 Å². The smallest absolute Gasteiger partial charge is 0.407 e. The summed E-state index contributed by atoms with van der Waals surface area (Å²) in [6.45, 7) is 0.895. The standard InChI is InChI=1S/C19H23ClN2O3/c20-16-4-2-1-3-15(16)18(23)22(14-7-8-21(11-14)19(24)25)17-10-12-5-6-13(17)9-12/h1-4,12-14,17H,5-11H2,(H,24,25)/t12?,13?,14-,17?/m0/s1. The topological polar surface area (TPSA) is 60.9 Å². The molecule has 5 nitrogen and oxygen atoms in total. The average molecular weight is 363 g/mol. The largest absolute Gasteiger partial charge is 0.465 e. The lowest BCUT2D eigenvalue weighted by Gasteiger charge is -2.39. The molecule has 0 aromatic heterocycles. The summed E-state index contributed by atoms with van der Waals surface area (Å²) < 4.78 is 0. The van der Waals surface area contributed by atoms with Gasteiger partial charge in [-0.25, -0.2) is 4.79 Å². The van der Waals surface area contributed by atoms with E-state index >= 15 is 0 Å². The highest BCUT2D eigenvalue weighted by atomic mass is 35.5. The van der Waals surface area contributed by atoms with Gasteiger partial charge in [-0.3, -0.25) is 4.79 Å². The van der Waals surface area contributed by atoms with E-state index in [0.29, 0.717) is 41.9 Å². The van der Waals surface area contributed by atoms with Crippen molar-refractivity contribution in [1.82, 2.24) is 9.80 Å². The number of rotatable bonds is 3. The predicted octanol–water partition coefficient (Wildman–Crippen LogP) is 3.72. The van der Waals surface area contributed by atoms with Crippen LogP contribution in [-0.2, 0) is 0 Å². The summed E-state index contributed by atoms with van der Waals surface area (Å²) in [6, 6.07) is 7.34. The second kappa shape index (κ2) is 6.52. The minimum atomic E-state index is -0.902. The van der Waals surface area contributed by atoms with E-state index in [0.717, 1.165) is 6.42 Å². The molecule has 0 spiro atoms. The Morgan fingerprint density at radius 3 is 2.56 bits per heavy atom. The molecule has 4 rings (SSSR count). The molecule has 4 atom stereocenters. The second-order valence-corrected chi connectivity index (χ2v) is 8.01. The summed E-state index contributed by atoms with van der Waals surface area (Å²) in [5, 5.41) is 9.75. The van der Waals surface area contributed by atoms with Gasteiger partial charge in [0.05, 0.1) is 16.6 Å². The molecule has 0 radical (unpaired) electrons. The van der Waals surface area contributed by atoms with Crippen molar-refractivity contribution in [3.63, 3.8) is 0 Å². The average Bonchev–Trinajstić information content (AvgIpc) is 3.32. The molecule has 1 aliphatic heterocycles. The van der Waals surface area contributed by atoms with Gasteiger partial charge in [0.25, 0.3) is 5.91 Å². The molecule has 1 aromatic carbocycles. The molecule has 1 heterocycles. The Morgan fingerprint density at radius 2 is 1.96 bits per heavy atom. The van der Waals surface area contributed by atoms with Crippen LogP contribution in [0.3, 0.4) is 0 Å². The van der Waals surface area contributed by atoms with E-state index in [9.17, 15) is 14.7 Å². The van der Waals surface area contributed by atoms with Gasteiger partial charge in [0.15, 0.2) is 0 Å². The van der Waals surface area contributed by atoms with Crippen LogP contribution in [0.1, 0.15) is 42.5 Å². The minimum Gasteiger partial charge on any atom is -0.465 e. The number of carboxylic acid groups (broad SMARTS) is 1. The summed E-state index contributed by atoms with van der Waals surface area (Å²) in [5.41, 5.74) is 0.528. The van der Waals surface area contributed by atoms with Crippen LogP contribution in [0.25, 0.3) is 0 Å². The van der Waals surface area contributed by atoms with E-state index in [4.69, 9.17) is 11.6 Å². The number of halogens is 1. The molecule has 3 aliphatic rings. The lowest BCUT2D eigenvalue weighted by atomic mass is 9.92. The van der Waals surface area contributed by atoms with Crippen molar-refractivity contribution in [3.8, 4) is 0 Å². The molecule has 2 amide bonds. The maximum atomic E-state index is 13.4. The van der Waals surface area contributed by atoms with Crippen LogP contribution in [-0.4, -0.2) is 52.1 Å². The van der Waals surface area contributed by atoms with Crippen molar-refractivity contribution in [2.75, 3.05) is 13.1 Å². The fraction of sp³-hybridized carbons (Fsp3) is 0.579. The maximum Gasteiger partial charge on any atom is 0.407 e. The van der Waals surface area contributed by atoms with E-state index in [1.807, 2.05) is 17.0 Å². The van der Waals surface area contributed by atoms with Crippen LogP contribution >= 0.6 is 11.6 Å². The van der Waals surface area contributed by atoms with Crippen molar-refractivity contribution in [2.45, 2.75) is 44.2 Å². The molecule has 6 heteroatoms. The quantitative estimate of drug-likeness (QED) is 0.891. The SMILES string of the molecule is O=C(O)N1CC[C@H](N(C(=O)c2ccccc2Cl)C2CC3CCC2C3)C1. The summed E-state index contributed by atoms with van der Waals surface area (Å²) >= 11 is 6.28. The Kier molecular flexibility index (Phi) is 4.36. The number of fused-ring (bicyclic) bond motifs is 2. The highest BCUT2D eigenvalue weighted by Gasteiger charge is 2.47. The molecule has 1 aromatic rings. The van der Waals surface area contributed by atoms with Crippen molar-refractivity contribution >= 4 is 23.6 Å². The molecule has 3 fully saturated rings. The number of carbonyl (C=O) groups excluding carboxylic acids is 1. The van der Waals surface area contributed by atoms with Gasteiger partial charge in [0.2, 0.25) is 0 Å². The maximum absolute atomic E-state index is 13.4. The van der Waals surface area contributed by atoms with E-state index in [1.165, 1.54) is 24.2 Å². The lowest BCUT2D eigenvalue weighted by molar-refractivity contribution is 0.0487. The van der Waals surface area contributed by atoms with Crippen molar-refractivity contribution in [1.29, 1.82) is 0 Å². The van der Waals surface area contributed by atoms with Crippen LogP contribution in [0.2, 0.25) is 5.02 Å². The van der Waals surface area contributed by atoms with Crippen molar-refractivity contribution in [3.05, 3.63) is 34.9 Å². The van der Waals surface area contributed by atoms with Crippen LogP contribution in [0.5, 0.6) is 0 Å². The molecule has 1 N–H and O–H groups in total. The fourth-order valence-corrected chi connectivity index (χ4v) is 5.27.